The Morgan fingerprint density at radius 1 is 0.486 bits per heavy atom. The monoisotopic (exact) mass is 992 g/mol. The summed E-state index contributed by atoms with van der Waals surface area (Å²) in [6.45, 7) is 3.43. The number of rotatable bonds is 49. The van der Waals surface area contributed by atoms with Crippen molar-refractivity contribution in [1.82, 2.24) is 5.32 Å². The highest BCUT2D eigenvalue weighted by Crippen LogP contribution is 2.23. The molecule has 0 aromatic rings. The van der Waals surface area contributed by atoms with E-state index in [1.165, 1.54) is 148 Å². The third-order valence-electron chi connectivity index (χ3n) is 13.8. The van der Waals surface area contributed by atoms with Crippen LogP contribution in [-0.4, -0.2) is 110 Å². The van der Waals surface area contributed by atoms with Gasteiger partial charge >= 0.3 is 0 Å². The molecule has 11 nitrogen and oxygen atoms in total. The van der Waals surface area contributed by atoms with Crippen molar-refractivity contribution in [2.24, 2.45) is 0 Å². The number of amides is 1. The first-order valence-electron chi connectivity index (χ1n) is 29.0. The first-order chi connectivity index (χ1) is 34.2. The summed E-state index contributed by atoms with van der Waals surface area (Å²) in [5.41, 5.74) is 0. The molecule has 1 aliphatic heterocycles. The molecule has 70 heavy (non-hydrogen) atoms. The minimum Gasteiger partial charge on any atom is -0.394 e. The molecule has 1 amide bonds. The van der Waals surface area contributed by atoms with Crippen molar-refractivity contribution < 1.29 is 50.0 Å². The molecule has 0 spiro atoms. The maximum atomic E-state index is 13.1. The molecule has 11 heteroatoms. The van der Waals surface area contributed by atoms with Crippen molar-refractivity contribution in [3.63, 3.8) is 0 Å². The molecule has 8 N–H and O–H groups in total. The largest absolute Gasteiger partial charge is 0.394 e. The van der Waals surface area contributed by atoms with E-state index in [2.05, 4.69) is 67.8 Å². The average molecular weight is 993 g/mol. The lowest BCUT2D eigenvalue weighted by atomic mass is 9.98. The maximum absolute atomic E-state index is 13.1. The number of carbonyl (C=O) groups is 1. The summed E-state index contributed by atoms with van der Waals surface area (Å²) in [5, 5.41) is 76.0. The summed E-state index contributed by atoms with van der Waals surface area (Å²) in [4.78, 5) is 13.1. The fraction of sp³-hybridized carbons (Fsp3) is 0.847. The number of ether oxygens (including phenoxy) is 2. The number of aliphatic hydroxyl groups is 7. The van der Waals surface area contributed by atoms with Crippen LogP contribution in [0.3, 0.4) is 0 Å². The van der Waals surface area contributed by atoms with Crippen molar-refractivity contribution in [3.05, 3.63) is 48.6 Å². The minimum atomic E-state index is -1.68. The van der Waals surface area contributed by atoms with E-state index in [0.717, 1.165) is 57.8 Å². The molecule has 1 saturated heterocycles. The number of hydrogen-bond acceptors (Lipinski definition) is 10. The Kier molecular flexibility index (Phi) is 45.3. The van der Waals surface area contributed by atoms with Crippen LogP contribution in [-0.2, 0) is 14.3 Å². The van der Waals surface area contributed by atoms with Gasteiger partial charge in [-0.15, -0.1) is 0 Å². The van der Waals surface area contributed by atoms with Gasteiger partial charge in [-0.25, -0.2) is 0 Å². The molecule has 0 saturated carbocycles. The summed E-state index contributed by atoms with van der Waals surface area (Å²) < 4.78 is 11.1. The van der Waals surface area contributed by atoms with Gasteiger partial charge < -0.3 is 50.5 Å². The van der Waals surface area contributed by atoms with E-state index in [4.69, 9.17) is 9.47 Å². The molecule has 0 aromatic carbocycles. The van der Waals surface area contributed by atoms with Gasteiger partial charge in [-0.3, -0.25) is 4.79 Å². The zero-order chi connectivity index (χ0) is 51.1. The van der Waals surface area contributed by atoms with Crippen LogP contribution in [0.15, 0.2) is 48.6 Å². The van der Waals surface area contributed by atoms with Gasteiger partial charge in [0.05, 0.1) is 25.4 Å². The van der Waals surface area contributed by atoms with Gasteiger partial charge in [0.1, 0.15) is 36.6 Å². The Bertz CT molecular complexity index is 1280. The SMILES string of the molecule is CCCCCCCCC/C=C\CCCCCCC(O)C(=O)NC(COC1OC(CO)C(O)C(O)C1O)C(O)C(O)CCC/C=C/CC/C=C/CC/C=C/CCCCCCCCCCCCCCCCC. The standard InChI is InChI=1S/C59H109NO10/c1-3-5-7-9-11-13-15-17-19-20-21-22-23-24-25-26-27-28-29-30-31-33-34-36-38-40-42-44-46-51(62)54(64)50(49-69-59-57(67)56(66)55(65)53(48-61)70-59)60-58(68)52(63)47-45-43-41-39-37-35-32-18-16-14-12-10-8-6-4-2/h27-28,31-33,35,38,40,50-57,59,61-67H,3-26,29-30,34,36-37,39,41-49H2,1-2H3,(H,60,68)/b28-27+,33-31+,35-32-,40-38+. The van der Waals surface area contributed by atoms with Crippen molar-refractivity contribution in [1.29, 1.82) is 0 Å². The third-order valence-corrected chi connectivity index (χ3v) is 13.8. The molecule has 0 aromatic heterocycles. The highest BCUT2D eigenvalue weighted by molar-refractivity contribution is 5.80. The summed E-state index contributed by atoms with van der Waals surface area (Å²) in [7, 11) is 0. The highest BCUT2D eigenvalue weighted by Gasteiger charge is 2.44. The number of carbonyl (C=O) groups excluding carboxylic acids is 1. The molecule has 0 bridgehead atoms. The second kappa shape index (κ2) is 48.0. The van der Waals surface area contributed by atoms with Crippen LogP contribution in [0.25, 0.3) is 0 Å². The lowest BCUT2D eigenvalue weighted by molar-refractivity contribution is -0.303. The van der Waals surface area contributed by atoms with Gasteiger partial charge in [-0.05, 0) is 89.9 Å². The quantitative estimate of drug-likeness (QED) is 0.0215. The normalized spacial score (nSPS) is 20.6. The van der Waals surface area contributed by atoms with Gasteiger partial charge in [0.15, 0.2) is 6.29 Å². The van der Waals surface area contributed by atoms with Gasteiger partial charge in [0, 0.05) is 0 Å². The predicted octanol–water partition coefficient (Wildman–Crippen LogP) is 12.1. The number of unbranched alkanes of at least 4 members (excludes halogenated alkanes) is 29. The molecule has 0 radical (unpaired) electrons. The van der Waals surface area contributed by atoms with Crippen LogP contribution in [0.5, 0.6) is 0 Å². The molecule has 9 atom stereocenters. The highest BCUT2D eigenvalue weighted by atomic mass is 16.7. The molecular weight excluding hydrogens is 883 g/mol. The van der Waals surface area contributed by atoms with E-state index in [1.807, 2.05) is 0 Å². The number of allylic oxidation sites excluding steroid dienone is 8. The Morgan fingerprint density at radius 2 is 0.857 bits per heavy atom. The fourth-order valence-corrected chi connectivity index (χ4v) is 9.06. The van der Waals surface area contributed by atoms with Crippen LogP contribution >= 0.6 is 0 Å². The second-order valence-electron chi connectivity index (χ2n) is 20.3. The van der Waals surface area contributed by atoms with Crippen molar-refractivity contribution in [3.8, 4) is 0 Å². The summed E-state index contributed by atoms with van der Waals surface area (Å²) >= 11 is 0. The molecule has 1 heterocycles. The second-order valence-corrected chi connectivity index (χ2v) is 20.3. The predicted molar refractivity (Wildman–Crippen MR) is 288 cm³/mol. The number of hydrogen-bond donors (Lipinski definition) is 8. The van der Waals surface area contributed by atoms with Gasteiger partial charge in [0.25, 0.3) is 0 Å². The van der Waals surface area contributed by atoms with Crippen molar-refractivity contribution in [2.45, 2.75) is 306 Å². The summed E-state index contributed by atoms with van der Waals surface area (Å²) in [5.74, 6) is -0.721. The van der Waals surface area contributed by atoms with E-state index in [0.29, 0.717) is 19.3 Å². The summed E-state index contributed by atoms with van der Waals surface area (Å²) in [6, 6.07) is -1.20. The Labute approximate surface area is 428 Å². The van der Waals surface area contributed by atoms with Crippen LogP contribution < -0.4 is 5.32 Å². The number of nitrogens with one attached hydrogen (secondary N) is 1. The average Bonchev–Trinajstić information content (AvgIpc) is 3.36. The fourth-order valence-electron chi connectivity index (χ4n) is 9.06. The van der Waals surface area contributed by atoms with Gasteiger partial charge in [-0.2, -0.15) is 0 Å². The van der Waals surface area contributed by atoms with E-state index < -0.39 is 74.2 Å². The molecule has 1 rings (SSSR count). The van der Waals surface area contributed by atoms with Gasteiger partial charge in [0.2, 0.25) is 5.91 Å². The van der Waals surface area contributed by atoms with Crippen molar-refractivity contribution >= 4 is 5.91 Å². The van der Waals surface area contributed by atoms with Crippen LogP contribution in [0.4, 0.5) is 0 Å². The summed E-state index contributed by atoms with van der Waals surface area (Å²) in [6.07, 6.45) is 48.9. The van der Waals surface area contributed by atoms with E-state index in [9.17, 15) is 40.5 Å². The lowest BCUT2D eigenvalue weighted by Crippen LogP contribution is -2.60. The molecule has 1 aliphatic rings. The van der Waals surface area contributed by atoms with Crippen molar-refractivity contribution in [2.75, 3.05) is 13.2 Å². The molecule has 410 valence electrons. The van der Waals surface area contributed by atoms with E-state index in [-0.39, 0.29) is 12.8 Å². The van der Waals surface area contributed by atoms with E-state index >= 15 is 0 Å². The lowest BCUT2D eigenvalue weighted by Gasteiger charge is -2.40. The maximum Gasteiger partial charge on any atom is 0.249 e. The smallest absolute Gasteiger partial charge is 0.249 e. The molecule has 1 fully saturated rings. The zero-order valence-corrected chi connectivity index (χ0v) is 44.7. The topological polar surface area (TPSA) is 189 Å². The van der Waals surface area contributed by atoms with Crippen LogP contribution in [0, 0.1) is 0 Å². The molecular formula is C59H109NO10. The van der Waals surface area contributed by atoms with E-state index in [1.54, 1.807) is 0 Å². The van der Waals surface area contributed by atoms with Gasteiger partial charge in [-0.1, -0.05) is 210 Å². The third kappa shape index (κ3) is 36.1. The minimum absolute atomic E-state index is 0.234. The number of aliphatic hydroxyl groups excluding tert-OH is 7. The Hall–Kier alpha value is -1.93. The van der Waals surface area contributed by atoms with Crippen LogP contribution in [0.1, 0.15) is 251 Å². The first-order valence-corrected chi connectivity index (χ1v) is 29.0. The first kappa shape index (κ1) is 66.1. The Morgan fingerprint density at radius 3 is 1.27 bits per heavy atom. The Balaban J connectivity index is 2.34. The van der Waals surface area contributed by atoms with Crippen LogP contribution in [0.2, 0.25) is 0 Å². The molecule has 9 unspecified atom stereocenters. The zero-order valence-electron chi connectivity index (χ0n) is 44.7. The molecule has 0 aliphatic carbocycles.